The minimum Gasteiger partial charge on any atom is -0.497 e. The lowest BCUT2D eigenvalue weighted by molar-refractivity contribution is -0.129. The zero-order valence-corrected chi connectivity index (χ0v) is 17.4. The second-order valence-corrected chi connectivity index (χ2v) is 7.77. The summed E-state index contributed by atoms with van der Waals surface area (Å²) in [6.45, 7) is 1.57. The molecular formula is C21H22N2O6S. The highest BCUT2D eigenvalue weighted by Gasteiger charge is 2.35. The first-order chi connectivity index (χ1) is 14.5. The topological polar surface area (TPSA) is 105 Å². The van der Waals surface area contributed by atoms with Crippen molar-refractivity contribution in [3.8, 4) is 5.75 Å². The molecule has 158 valence electrons. The number of fused-ring (bicyclic) bond motifs is 1. The number of methoxy groups -OCH3 is 1. The van der Waals surface area contributed by atoms with Crippen molar-refractivity contribution in [2.45, 2.75) is 23.5 Å². The van der Waals surface area contributed by atoms with Crippen LogP contribution < -0.4 is 15.1 Å². The summed E-state index contributed by atoms with van der Waals surface area (Å²) in [5, 5.41) is 8.47. The first-order valence-corrected chi connectivity index (χ1v) is 10.2. The van der Waals surface area contributed by atoms with Crippen molar-refractivity contribution in [3.63, 3.8) is 0 Å². The maximum absolute atomic E-state index is 13.2. The Kier molecular flexibility index (Phi) is 6.96. The lowest BCUT2D eigenvalue weighted by Crippen LogP contribution is -2.46. The molecule has 2 amide bonds. The van der Waals surface area contributed by atoms with E-state index in [0.717, 1.165) is 16.2 Å². The first kappa shape index (κ1) is 21.7. The Morgan fingerprint density at radius 2 is 1.93 bits per heavy atom. The van der Waals surface area contributed by atoms with Gasteiger partial charge in [-0.25, -0.2) is 10.3 Å². The molecule has 0 spiro atoms. The van der Waals surface area contributed by atoms with E-state index in [4.69, 9.17) is 14.7 Å². The molecule has 3 rings (SSSR count). The fraction of sp³-hybridized carbons (Fsp3) is 0.286. The lowest BCUT2D eigenvalue weighted by atomic mass is 10.1. The van der Waals surface area contributed by atoms with E-state index in [9.17, 15) is 14.4 Å². The predicted molar refractivity (Wildman–Crippen MR) is 111 cm³/mol. The van der Waals surface area contributed by atoms with Crippen LogP contribution in [0.5, 0.6) is 5.75 Å². The zero-order valence-electron chi connectivity index (χ0n) is 16.6. The summed E-state index contributed by atoms with van der Waals surface area (Å²) >= 11 is 1.37. The second-order valence-electron chi connectivity index (χ2n) is 6.52. The van der Waals surface area contributed by atoms with Gasteiger partial charge in [-0.3, -0.25) is 14.8 Å². The fourth-order valence-corrected chi connectivity index (χ4v) is 4.36. The molecule has 9 heteroatoms. The second kappa shape index (κ2) is 9.64. The molecule has 2 N–H and O–H groups in total. The van der Waals surface area contributed by atoms with Gasteiger partial charge in [-0.2, -0.15) is 0 Å². The summed E-state index contributed by atoms with van der Waals surface area (Å²) in [4.78, 5) is 39.1. The van der Waals surface area contributed by atoms with Crippen LogP contribution in [0.25, 0.3) is 0 Å². The van der Waals surface area contributed by atoms with Gasteiger partial charge < -0.3 is 14.4 Å². The summed E-state index contributed by atoms with van der Waals surface area (Å²) in [6, 6.07) is 12.3. The average Bonchev–Trinajstić information content (AvgIpc) is 2.76. The Hall–Kier alpha value is -3.04. The maximum atomic E-state index is 13.2. The van der Waals surface area contributed by atoms with Gasteiger partial charge in [-0.15, -0.1) is 11.8 Å². The van der Waals surface area contributed by atoms with Crippen molar-refractivity contribution in [2.24, 2.45) is 0 Å². The number of rotatable bonds is 7. The van der Waals surface area contributed by atoms with E-state index in [-0.39, 0.29) is 24.6 Å². The minimum atomic E-state index is -0.731. The SMILES string of the molecule is CCOC(=O)c1ccc2c(c1)N(CC(=O)NO)C(=O)C(Cc1ccc(OC)cc1)S2. The molecule has 8 nitrogen and oxygen atoms in total. The van der Waals surface area contributed by atoms with Gasteiger partial charge in [-0.05, 0) is 49.2 Å². The number of nitrogens with one attached hydrogen (secondary N) is 1. The van der Waals surface area contributed by atoms with E-state index in [1.165, 1.54) is 22.7 Å². The summed E-state index contributed by atoms with van der Waals surface area (Å²) in [5.74, 6) is -0.803. The van der Waals surface area contributed by atoms with Crippen molar-refractivity contribution in [1.29, 1.82) is 0 Å². The largest absolute Gasteiger partial charge is 0.497 e. The van der Waals surface area contributed by atoms with Crippen molar-refractivity contribution < 1.29 is 29.1 Å². The Morgan fingerprint density at radius 3 is 2.57 bits per heavy atom. The third-order valence-electron chi connectivity index (χ3n) is 4.58. The lowest BCUT2D eigenvalue weighted by Gasteiger charge is -2.33. The van der Waals surface area contributed by atoms with Gasteiger partial charge in [0, 0.05) is 4.90 Å². The van der Waals surface area contributed by atoms with E-state index in [0.29, 0.717) is 12.1 Å². The molecule has 1 atom stereocenters. The first-order valence-electron chi connectivity index (χ1n) is 9.31. The summed E-state index contributed by atoms with van der Waals surface area (Å²) in [5.41, 5.74) is 3.22. The quantitative estimate of drug-likeness (QED) is 0.395. The number of carbonyl (C=O) groups excluding carboxylic acids is 3. The van der Waals surface area contributed by atoms with Gasteiger partial charge >= 0.3 is 5.97 Å². The van der Waals surface area contributed by atoms with E-state index in [1.54, 1.807) is 31.6 Å². The van der Waals surface area contributed by atoms with E-state index in [1.807, 2.05) is 24.3 Å². The Morgan fingerprint density at radius 1 is 1.20 bits per heavy atom. The van der Waals surface area contributed by atoms with Crippen LogP contribution in [0.4, 0.5) is 5.69 Å². The Bertz CT molecular complexity index is 947. The number of amides is 2. The molecule has 0 saturated carbocycles. The molecule has 1 aliphatic rings. The molecule has 1 unspecified atom stereocenters. The molecule has 2 aromatic rings. The molecule has 0 saturated heterocycles. The molecule has 30 heavy (non-hydrogen) atoms. The van der Waals surface area contributed by atoms with Crippen molar-refractivity contribution in [3.05, 3.63) is 53.6 Å². The summed E-state index contributed by atoms with van der Waals surface area (Å²) < 4.78 is 10.2. The van der Waals surface area contributed by atoms with E-state index < -0.39 is 17.1 Å². The molecule has 0 aliphatic carbocycles. The molecule has 0 bridgehead atoms. The number of hydroxylamine groups is 1. The number of hydrogen-bond acceptors (Lipinski definition) is 7. The van der Waals surface area contributed by atoms with Crippen molar-refractivity contribution in [1.82, 2.24) is 5.48 Å². The number of anilines is 1. The van der Waals surface area contributed by atoms with Crippen LogP contribution in [-0.2, 0) is 20.7 Å². The Balaban J connectivity index is 1.92. The van der Waals surface area contributed by atoms with Gasteiger partial charge in [0.2, 0.25) is 5.91 Å². The predicted octanol–water partition coefficient (Wildman–Crippen LogP) is 2.43. The number of ether oxygens (including phenoxy) is 2. The van der Waals surface area contributed by atoms with Crippen LogP contribution in [0.1, 0.15) is 22.8 Å². The van der Waals surface area contributed by atoms with Crippen LogP contribution in [0, 0.1) is 0 Å². The highest BCUT2D eigenvalue weighted by molar-refractivity contribution is 8.01. The molecule has 1 aliphatic heterocycles. The van der Waals surface area contributed by atoms with Gasteiger partial charge in [0.15, 0.2) is 0 Å². The van der Waals surface area contributed by atoms with Crippen LogP contribution in [-0.4, -0.2) is 48.5 Å². The van der Waals surface area contributed by atoms with Crippen molar-refractivity contribution in [2.75, 3.05) is 25.2 Å². The number of nitrogens with zero attached hydrogens (tertiary/aromatic N) is 1. The standard InChI is InChI=1S/C21H22N2O6S/c1-3-29-21(26)14-6-9-17-16(11-14)23(12-19(24)22-27)20(25)18(30-17)10-13-4-7-15(28-2)8-5-13/h4-9,11,18,27H,3,10,12H2,1-2H3,(H,22,24). The molecular weight excluding hydrogens is 408 g/mol. The number of thioether (sulfide) groups is 1. The number of hydrogen-bond donors (Lipinski definition) is 2. The fourth-order valence-electron chi connectivity index (χ4n) is 3.11. The number of carbonyl (C=O) groups is 3. The molecule has 0 radical (unpaired) electrons. The number of benzene rings is 2. The third kappa shape index (κ3) is 4.74. The summed E-state index contributed by atoms with van der Waals surface area (Å²) in [7, 11) is 1.58. The smallest absolute Gasteiger partial charge is 0.338 e. The Labute approximate surface area is 178 Å². The van der Waals surface area contributed by atoms with Gasteiger partial charge in [0.1, 0.15) is 12.3 Å². The van der Waals surface area contributed by atoms with Gasteiger partial charge in [0.25, 0.3) is 5.91 Å². The molecule has 0 aromatic heterocycles. The van der Waals surface area contributed by atoms with Gasteiger partial charge in [-0.1, -0.05) is 12.1 Å². The molecule has 1 heterocycles. The normalized spacial score (nSPS) is 15.4. The molecule has 2 aromatic carbocycles. The minimum absolute atomic E-state index is 0.226. The zero-order chi connectivity index (χ0) is 21.7. The highest BCUT2D eigenvalue weighted by Crippen LogP contribution is 2.41. The van der Waals surface area contributed by atoms with E-state index in [2.05, 4.69) is 0 Å². The average molecular weight is 430 g/mol. The maximum Gasteiger partial charge on any atom is 0.338 e. The third-order valence-corrected chi connectivity index (χ3v) is 5.83. The van der Waals surface area contributed by atoms with Crippen LogP contribution in [0.15, 0.2) is 47.4 Å². The van der Waals surface area contributed by atoms with Crippen LogP contribution in [0.3, 0.4) is 0 Å². The summed E-state index contributed by atoms with van der Waals surface area (Å²) in [6.07, 6.45) is 0.448. The highest BCUT2D eigenvalue weighted by atomic mass is 32.2. The van der Waals surface area contributed by atoms with E-state index >= 15 is 0 Å². The van der Waals surface area contributed by atoms with Crippen LogP contribution >= 0.6 is 11.8 Å². The molecule has 0 fully saturated rings. The monoisotopic (exact) mass is 430 g/mol. The van der Waals surface area contributed by atoms with Crippen molar-refractivity contribution >= 4 is 35.2 Å². The van der Waals surface area contributed by atoms with Crippen LogP contribution in [0.2, 0.25) is 0 Å². The van der Waals surface area contributed by atoms with Gasteiger partial charge in [0.05, 0.1) is 30.2 Å². The number of esters is 1.